The van der Waals surface area contributed by atoms with E-state index in [1.165, 1.54) is 32.1 Å². The van der Waals surface area contributed by atoms with Gasteiger partial charge in [0.1, 0.15) is 0 Å². The Morgan fingerprint density at radius 1 is 0.714 bits per heavy atom. The van der Waals surface area contributed by atoms with Crippen LogP contribution in [0, 0.1) is 6.08 Å². The molecule has 1 aliphatic rings. The summed E-state index contributed by atoms with van der Waals surface area (Å²) in [6.45, 7) is 0. The van der Waals surface area contributed by atoms with Crippen molar-refractivity contribution < 1.29 is 0 Å². The third kappa shape index (κ3) is 6.47. The van der Waals surface area contributed by atoms with Crippen molar-refractivity contribution in [3.63, 3.8) is 0 Å². The van der Waals surface area contributed by atoms with E-state index >= 15 is 0 Å². The van der Waals surface area contributed by atoms with Crippen molar-refractivity contribution in [2.75, 3.05) is 0 Å². The molecule has 0 nitrogen and oxygen atoms in total. The molecule has 0 amide bonds. The third-order valence-corrected chi connectivity index (χ3v) is 2.24. The van der Waals surface area contributed by atoms with Crippen LogP contribution in [0.25, 0.3) is 0 Å². The Bertz CT molecular complexity index is 202. The molecular weight excluding hydrogens is 168 g/mol. The molecule has 0 unspecified atom stereocenters. The fourth-order valence-corrected chi connectivity index (χ4v) is 1.42. The van der Waals surface area contributed by atoms with Crippen LogP contribution in [0.2, 0.25) is 0 Å². The maximum absolute atomic E-state index is 3.28. The summed E-state index contributed by atoms with van der Waals surface area (Å²) in [5, 5.41) is 0. The zero-order valence-corrected chi connectivity index (χ0v) is 8.78. The molecule has 0 aromatic rings. The minimum absolute atomic E-state index is 1.10. The first kappa shape index (κ1) is 11.0. The van der Waals surface area contributed by atoms with Gasteiger partial charge < -0.3 is 0 Å². The molecule has 0 atom stereocenters. The van der Waals surface area contributed by atoms with Crippen LogP contribution in [-0.4, -0.2) is 0 Å². The highest BCUT2D eigenvalue weighted by Gasteiger charge is 1.87. The van der Waals surface area contributed by atoms with E-state index in [-0.39, 0.29) is 0 Å². The van der Waals surface area contributed by atoms with E-state index in [0.717, 1.165) is 6.42 Å². The summed E-state index contributed by atoms with van der Waals surface area (Å²) in [5.41, 5.74) is 0. The molecule has 0 saturated carbocycles. The van der Waals surface area contributed by atoms with Gasteiger partial charge in [0, 0.05) is 0 Å². The molecule has 0 bridgehead atoms. The van der Waals surface area contributed by atoms with Crippen LogP contribution in [0.1, 0.15) is 38.5 Å². The van der Waals surface area contributed by atoms with Gasteiger partial charge in [-0.2, -0.15) is 0 Å². The summed E-state index contributed by atoms with van der Waals surface area (Å²) < 4.78 is 0. The minimum atomic E-state index is 1.10. The molecule has 0 aliphatic heterocycles. The summed E-state index contributed by atoms with van der Waals surface area (Å²) in [5.74, 6) is 0. The Balaban J connectivity index is 2.36. The molecule has 1 radical (unpaired) electrons. The molecule has 0 aromatic carbocycles. The fraction of sp³-hybridized carbons (Fsp3) is 0.429. The van der Waals surface area contributed by atoms with E-state index in [2.05, 4.69) is 30.4 Å². The summed E-state index contributed by atoms with van der Waals surface area (Å²) in [7, 11) is 0. The van der Waals surface area contributed by atoms with Gasteiger partial charge in [0.2, 0.25) is 0 Å². The van der Waals surface area contributed by atoms with Gasteiger partial charge in [0.25, 0.3) is 0 Å². The van der Waals surface area contributed by atoms with Gasteiger partial charge in [-0.3, -0.25) is 0 Å². The van der Waals surface area contributed by atoms with E-state index < -0.39 is 0 Å². The second-order valence-electron chi connectivity index (χ2n) is 3.52. The number of hydrogen-bond acceptors (Lipinski definition) is 0. The van der Waals surface area contributed by atoms with Crippen molar-refractivity contribution in [3.05, 3.63) is 48.6 Å². The van der Waals surface area contributed by atoms with Gasteiger partial charge in [-0.25, -0.2) is 0 Å². The standard InChI is InChI=1S/C14H19/c1-2-4-6-8-10-12-14-13-11-9-7-5-3-1/h1-7H,8,10-14H2/b2-1+,5-3-,6-4-,9-7?. The van der Waals surface area contributed by atoms with E-state index in [1.54, 1.807) is 0 Å². The van der Waals surface area contributed by atoms with Crippen LogP contribution in [0.4, 0.5) is 0 Å². The number of allylic oxidation sites excluding steroid dienone is 8. The van der Waals surface area contributed by atoms with E-state index in [4.69, 9.17) is 0 Å². The fourth-order valence-electron chi connectivity index (χ4n) is 1.42. The first-order valence-corrected chi connectivity index (χ1v) is 5.55. The molecule has 0 spiro atoms. The van der Waals surface area contributed by atoms with Gasteiger partial charge >= 0.3 is 0 Å². The maximum atomic E-state index is 3.28. The van der Waals surface area contributed by atoms with Gasteiger partial charge in [-0.05, 0) is 31.8 Å². The van der Waals surface area contributed by atoms with Gasteiger partial charge in [0.05, 0.1) is 0 Å². The molecule has 14 heavy (non-hydrogen) atoms. The average molecular weight is 187 g/mol. The quantitative estimate of drug-likeness (QED) is 0.528. The van der Waals surface area contributed by atoms with E-state index in [1.807, 2.05) is 18.2 Å². The van der Waals surface area contributed by atoms with Crippen molar-refractivity contribution >= 4 is 0 Å². The predicted octanol–water partition coefficient (Wildman–Crippen LogP) is 4.37. The SMILES string of the molecule is [C]1=C/C=C\C=C\C=C/CCCCCC/1. The van der Waals surface area contributed by atoms with Gasteiger partial charge in [-0.1, -0.05) is 55.4 Å². The zero-order valence-electron chi connectivity index (χ0n) is 8.78. The Hall–Kier alpha value is -1.04. The number of rotatable bonds is 0. The topological polar surface area (TPSA) is 0 Å². The van der Waals surface area contributed by atoms with Crippen molar-refractivity contribution in [1.82, 2.24) is 0 Å². The molecule has 1 aliphatic carbocycles. The zero-order chi connectivity index (χ0) is 9.90. The lowest BCUT2D eigenvalue weighted by Crippen LogP contribution is -1.77. The predicted molar refractivity (Wildman–Crippen MR) is 62.9 cm³/mol. The van der Waals surface area contributed by atoms with Crippen LogP contribution in [0.5, 0.6) is 0 Å². The van der Waals surface area contributed by atoms with Gasteiger partial charge in [0.15, 0.2) is 0 Å². The highest BCUT2D eigenvalue weighted by Crippen LogP contribution is 2.06. The normalized spacial score (nSPS) is 28.6. The molecule has 0 heterocycles. The summed E-state index contributed by atoms with van der Waals surface area (Å²) >= 11 is 0. The summed E-state index contributed by atoms with van der Waals surface area (Å²) in [6.07, 6.45) is 25.5. The van der Waals surface area contributed by atoms with Crippen molar-refractivity contribution in [1.29, 1.82) is 0 Å². The number of hydrogen-bond donors (Lipinski definition) is 0. The highest BCUT2D eigenvalue weighted by molar-refractivity contribution is 5.14. The van der Waals surface area contributed by atoms with Gasteiger partial charge in [-0.15, -0.1) is 0 Å². The van der Waals surface area contributed by atoms with Crippen molar-refractivity contribution in [3.8, 4) is 0 Å². The van der Waals surface area contributed by atoms with Crippen LogP contribution >= 0.6 is 0 Å². The van der Waals surface area contributed by atoms with Crippen molar-refractivity contribution in [2.24, 2.45) is 0 Å². The Morgan fingerprint density at radius 2 is 1.50 bits per heavy atom. The first-order valence-electron chi connectivity index (χ1n) is 5.55. The Kier molecular flexibility index (Phi) is 6.74. The molecule has 0 saturated heterocycles. The lowest BCUT2D eigenvalue weighted by Gasteiger charge is -1.96. The van der Waals surface area contributed by atoms with Crippen molar-refractivity contribution in [2.45, 2.75) is 38.5 Å². The van der Waals surface area contributed by atoms with Crippen LogP contribution < -0.4 is 0 Å². The average Bonchev–Trinajstić information content (AvgIpc) is 2.22. The largest absolute Gasteiger partial charge is 0.0845 e. The van der Waals surface area contributed by atoms with Crippen LogP contribution in [-0.2, 0) is 0 Å². The Labute approximate surface area is 87.7 Å². The molecule has 1 rings (SSSR count). The van der Waals surface area contributed by atoms with E-state index in [0.29, 0.717) is 0 Å². The monoisotopic (exact) mass is 187 g/mol. The highest BCUT2D eigenvalue weighted by atomic mass is 13.9. The molecular formula is C14H19. The molecule has 0 N–H and O–H groups in total. The second-order valence-corrected chi connectivity index (χ2v) is 3.52. The Morgan fingerprint density at radius 3 is 2.50 bits per heavy atom. The molecule has 0 heteroatoms. The lowest BCUT2D eigenvalue weighted by molar-refractivity contribution is 0.649. The van der Waals surface area contributed by atoms with Crippen LogP contribution in [0.15, 0.2) is 42.5 Å². The van der Waals surface area contributed by atoms with E-state index in [9.17, 15) is 0 Å². The lowest BCUT2D eigenvalue weighted by atomic mass is 10.1. The third-order valence-electron chi connectivity index (χ3n) is 2.24. The molecule has 0 fully saturated rings. The minimum Gasteiger partial charge on any atom is -0.0845 e. The summed E-state index contributed by atoms with van der Waals surface area (Å²) in [4.78, 5) is 0. The maximum Gasteiger partial charge on any atom is -0.0276 e. The second kappa shape index (κ2) is 8.55. The smallest absolute Gasteiger partial charge is 0.0276 e. The van der Waals surface area contributed by atoms with Crippen LogP contribution in [0.3, 0.4) is 0 Å². The first-order chi connectivity index (χ1) is 7.00. The molecule has 75 valence electrons. The molecule has 0 aromatic heterocycles. The summed E-state index contributed by atoms with van der Waals surface area (Å²) in [6, 6.07) is 0.